The van der Waals surface area contributed by atoms with E-state index in [9.17, 15) is 26.7 Å². The van der Waals surface area contributed by atoms with Crippen LogP contribution in [-0.2, 0) is 0 Å². The molecule has 19 heavy (non-hydrogen) atoms. The number of alkyl halides is 5. The number of carbonyl (C=O) groups excluding carboxylic acids is 1. The molecule has 0 aliphatic rings. The number of hydrogen-bond acceptors (Lipinski definition) is 3. The van der Waals surface area contributed by atoms with Gasteiger partial charge in [-0.25, -0.2) is 0 Å². The van der Waals surface area contributed by atoms with Gasteiger partial charge in [-0.1, -0.05) is 0 Å². The summed E-state index contributed by atoms with van der Waals surface area (Å²) in [6, 6.07) is 2.80. The Morgan fingerprint density at radius 3 is 1.68 bits per heavy atom. The second-order valence-electron chi connectivity index (χ2n) is 3.50. The minimum Gasteiger partial charge on any atom is -0.497 e. The summed E-state index contributed by atoms with van der Waals surface area (Å²) >= 11 is 0. The fourth-order valence-electron chi connectivity index (χ4n) is 1.25. The molecular formula is C11H9F5O3. The average molecular weight is 284 g/mol. The van der Waals surface area contributed by atoms with Gasteiger partial charge in [0, 0.05) is 11.6 Å². The molecule has 3 nitrogen and oxygen atoms in total. The number of methoxy groups -OCH3 is 2. The van der Waals surface area contributed by atoms with E-state index in [0.717, 1.165) is 12.1 Å². The van der Waals surface area contributed by atoms with Crippen molar-refractivity contribution in [3.8, 4) is 11.5 Å². The minimum atomic E-state index is -5.96. The number of ketones is 1. The van der Waals surface area contributed by atoms with Crippen molar-refractivity contribution in [2.24, 2.45) is 0 Å². The van der Waals surface area contributed by atoms with Gasteiger partial charge < -0.3 is 9.47 Å². The second kappa shape index (κ2) is 5.02. The molecule has 1 aromatic rings. The zero-order chi connectivity index (χ0) is 14.8. The van der Waals surface area contributed by atoms with Crippen molar-refractivity contribution in [1.29, 1.82) is 0 Å². The van der Waals surface area contributed by atoms with Gasteiger partial charge in [0.1, 0.15) is 11.5 Å². The van der Waals surface area contributed by atoms with Crippen LogP contribution in [0.2, 0.25) is 0 Å². The van der Waals surface area contributed by atoms with E-state index in [2.05, 4.69) is 9.47 Å². The quantitative estimate of drug-likeness (QED) is 0.629. The van der Waals surface area contributed by atoms with E-state index in [1.54, 1.807) is 0 Å². The molecule has 0 bridgehead atoms. The van der Waals surface area contributed by atoms with Crippen LogP contribution >= 0.6 is 0 Å². The Labute approximate surface area is 104 Å². The monoisotopic (exact) mass is 284 g/mol. The zero-order valence-corrected chi connectivity index (χ0v) is 9.85. The number of Topliss-reactive ketones (excluding diaryl/α,β-unsaturated/α-hetero) is 1. The number of ether oxygens (including phenoxy) is 2. The summed E-state index contributed by atoms with van der Waals surface area (Å²) < 4.78 is 71.5. The highest BCUT2D eigenvalue weighted by atomic mass is 19.4. The summed E-state index contributed by atoms with van der Waals surface area (Å²) in [7, 11) is 2.34. The zero-order valence-electron chi connectivity index (χ0n) is 9.85. The van der Waals surface area contributed by atoms with Crippen LogP contribution in [0.4, 0.5) is 22.0 Å². The van der Waals surface area contributed by atoms with Gasteiger partial charge in [0.2, 0.25) is 5.78 Å². The summed E-state index contributed by atoms with van der Waals surface area (Å²) in [5, 5.41) is 0. The first-order valence-electron chi connectivity index (χ1n) is 4.86. The van der Waals surface area contributed by atoms with E-state index in [0.29, 0.717) is 0 Å². The predicted octanol–water partition coefficient (Wildman–Crippen LogP) is 3.08. The maximum Gasteiger partial charge on any atom is 0.461 e. The molecule has 0 amide bonds. The van der Waals surface area contributed by atoms with Crippen LogP contribution in [0.25, 0.3) is 0 Å². The summed E-state index contributed by atoms with van der Waals surface area (Å²) in [4.78, 5) is 11.3. The van der Waals surface area contributed by atoms with Crippen LogP contribution in [0.15, 0.2) is 18.2 Å². The largest absolute Gasteiger partial charge is 0.497 e. The molecule has 0 N–H and O–H groups in total. The van der Waals surface area contributed by atoms with Crippen LogP contribution in [-0.4, -0.2) is 32.1 Å². The molecule has 0 atom stereocenters. The van der Waals surface area contributed by atoms with Gasteiger partial charge in [-0.15, -0.1) is 0 Å². The topological polar surface area (TPSA) is 35.5 Å². The normalized spacial score (nSPS) is 12.2. The average Bonchev–Trinajstić information content (AvgIpc) is 2.35. The molecule has 106 valence electrons. The first-order chi connectivity index (χ1) is 8.63. The first-order valence-corrected chi connectivity index (χ1v) is 4.86. The molecule has 0 heterocycles. The molecular weight excluding hydrogens is 275 g/mol. The Balaban J connectivity index is 3.26. The number of hydrogen-bond donors (Lipinski definition) is 0. The van der Waals surface area contributed by atoms with E-state index in [1.807, 2.05) is 0 Å². The maximum atomic E-state index is 12.9. The molecule has 0 aromatic heterocycles. The first kappa shape index (κ1) is 15.2. The lowest BCUT2D eigenvalue weighted by atomic mass is 10.0. The van der Waals surface area contributed by atoms with Gasteiger partial charge in [-0.3, -0.25) is 4.79 Å². The molecule has 0 fully saturated rings. The van der Waals surface area contributed by atoms with Crippen LogP contribution in [0, 0.1) is 0 Å². The minimum absolute atomic E-state index is 0.0688. The van der Waals surface area contributed by atoms with Crippen LogP contribution in [0.1, 0.15) is 10.4 Å². The maximum absolute atomic E-state index is 12.9. The van der Waals surface area contributed by atoms with Crippen LogP contribution < -0.4 is 9.47 Å². The van der Waals surface area contributed by atoms with Gasteiger partial charge in [0.15, 0.2) is 0 Å². The van der Waals surface area contributed by atoms with Crippen molar-refractivity contribution in [2.75, 3.05) is 14.2 Å². The summed E-state index contributed by atoms with van der Waals surface area (Å²) in [6.07, 6.45) is -5.96. The van der Waals surface area contributed by atoms with Gasteiger partial charge in [-0.2, -0.15) is 22.0 Å². The molecule has 0 radical (unpaired) electrons. The number of benzene rings is 1. The van der Waals surface area contributed by atoms with E-state index >= 15 is 0 Å². The van der Waals surface area contributed by atoms with Crippen molar-refractivity contribution in [2.45, 2.75) is 12.1 Å². The van der Waals surface area contributed by atoms with E-state index in [-0.39, 0.29) is 11.5 Å². The van der Waals surface area contributed by atoms with E-state index in [1.165, 1.54) is 20.3 Å². The van der Waals surface area contributed by atoms with Crippen molar-refractivity contribution < 1.29 is 36.2 Å². The Hall–Kier alpha value is -1.86. The van der Waals surface area contributed by atoms with Crippen molar-refractivity contribution >= 4 is 5.78 Å². The van der Waals surface area contributed by atoms with Crippen LogP contribution in [0.5, 0.6) is 11.5 Å². The van der Waals surface area contributed by atoms with Crippen LogP contribution in [0.3, 0.4) is 0 Å². The third-order valence-corrected chi connectivity index (χ3v) is 2.25. The Bertz CT molecular complexity index is 459. The Morgan fingerprint density at radius 1 is 0.947 bits per heavy atom. The molecule has 8 heteroatoms. The van der Waals surface area contributed by atoms with E-state index < -0.39 is 23.4 Å². The van der Waals surface area contributed by atoms with E-state index in [4.69, 9.17) is 0 Å². The fourth-order valence-corrected chi connectivity index (χ4v) is 1.25. The smallest absolute Gasteiger partial charge is 0.461 e. The number of halogens is 5. The third-order valence-electron chi connectivity index (χ3n) is 2.25. The molecule has 0 aliphatic heterocycles. The summed E-state index contributed by atoms with van der Waals surface area (Å²) in [5.74, 6) is -7.97. The Kier molecular flexibility index (Phi) is 4.02. The molecule has 0 saturated heterocycles. The van der Waals surface area contributed by atoms with Crippen molar-refractivity contribution in [3.63, 3.8) is 0 Å². The molecule has 1 rings (SSSR count). The van der Waals surface area contributed by atoms with Gasteiger partial charge in [0.25, 0.3) is 0 Å². The fraction of sp³-hybridized carbons (Fsp3) is 0.364. The highest BCUT2D eigenvalue weighted by Crippen LogP contribution is 2.39. The highest BCUT2D eigenvalue weighted by molar-refractivity contribution is 6.02. The number of carbonyl (C=O) groups is 1. The third kappa shape index (κ3) is 2.94. The molecule has 0 aliphatic carbocycles. The standard InChI is InChI=1S/C11H9F5O3/c1-18-7-3-6(4-8(5-7)19-2)9(17)10(12,13)11(14,15)16/h3-5H,1-2H3. The predicted molar refractivity (Wildman–Crippen MR) is 54.9 cm³/mol. The number of rotatable bonds is 4. The lowest BCUT2D eigenvalue weighted by Crippen LogP contribution is -2.44. The van der Waals surface area contributed by atoms with Crippen molar-refractivity contribution in [1.82, 2.24) is 0 Å². The Morgan fingerprint density at radius 2 is 1.37 bits per heavy atom. The highest BCUT2D eigenvalue weighted by Gasteiger charge is 2.63. The summed E-state index contributed by atoms with van der Waals surface area (Å²) in [5.41, 5.74) is -0.849. The lowest BCUT2D eigenvalue weighted by molar-refractivity contribution is -0.255. The SMILES string of the molecule is COc1cc(OC)cc(C(=O)C(F)(F)C(F)(F)F)c1. The second-order valence-corrected chi connectivity index (χ2v) is 3.50. The molecule has 0 spiro atoms. The molecule has 0 unspecified atom stereocenters. The van der Waals surface area contributed by atoms with Gasteiger partial charge in [0.05, 0.1) is 14.2 Å². The molecule has 0 saturated carbocycles. The van der Waals surface area contributed by atoms with Gasteiger partial charge in [-0.05, 0) is 12.1 Å². The summed E-state index contributed by atoms with van der Waals surface area (Å²) in [6.45, 7) is 0. The van der Waals surface area contributed by atoms with Crippen molar-refractivity contribution in [3.05, 3.63) is 23.8 Å². The van der Waals surface area contributed by atoms with Gasteiger partial charge >= 0.3 is 12.1 Å². The lowest BCUT2D eigenvalue weighted by Gasteiger charge is -2.18. The molecule has 1 aromatic carbocycles.